The van der Waals surface area contributed by atoms with Gasteiger partial charge in [0.05, 0.1) is 0 Å². The summed E-state index contributed by atoms with van der Waals surface area (Å²) in [7, 11) is 0. The molecule has 0 aromatic heterocycles. The fourth-order valence-corrected chi connectivity index (χ4v) is 4.70. The third-order valence-electron chi connectivity index (χ3n) is 6.52. The minimum Gasteiger partial charge on any atom is -0.338 e. The second kappa shape index (κ2) is 7.48. The van der Waals surface area contributed by atoms with Gasteiger partial charge in [0.15, 0.2) is 0 Å². The summed E-state index contributed by atoms with van der Waals surface area (Å²) in [6, 6.07) is -0.627. The first-order valence-electron chi connectivity index (χ1n) is 10.2. The van der Waals surface area contributed by atoms with Gasteiger partial charge >= 0.3 is 6.03 Å². The molecule has 3 N–H and O–H groups in total. The fourth-order valence-electron chi connectivity index (χ4n) is 4.70. The van der Waals surface area contributed by atoms with Gasteiger partial charge in [-0.2, -0.15) is 0 Å². The zero-order valence-electron chi connectivity index (χ0n) is 15.5. The fraction of sp³-hybridized carbons (Fsp3) is 0.789. The number of carbonyl (C=O) groups is 4. The zero-order valence-corrected chi connectivity index (χ0v) is 15.5. The number of fused-ring (bicyclic) bond motifs is 1. The molecule has 4 fully saturated rings. The van der Waals surface area contributed by atoms with Crippen LogP contribution in [0.3, 0.4) is 0 Å². The zero-order chi connectivity index (χ0) is 19.0. The summed E-state index contributed by atoms with van der Waals surface area (Å²) in [6.07, 6.45) is 5.81. The van der Waals surface area contributed by atoms with E-state index in [0.717, 1.165) is 25.8 Å². The molecule has 8 heteroatoms. The second-order valence-corrected chi connectivity index (χ2v) is 8.54. The van der Waals surface area contributed by atoms with E-state index in [0.29, 0.717) is 31.3 Å². The minimum absolute atomic E-state index is 0.0392. The molecule has 0 radical (unpaired) electrons. The molecule has 2 heterocycles. The molecule has 8 nitrogen and oxygen atoms in total. The first-order chi connectivity index (χ1) is 13.0. The molecule has 5 amide bonds. The maximum Gasteiger partial charge on any atom is 0.314 e. The highest BCUT2D eigenvalue weighted by atomic mass is 16.2. The van der Waals surface area contributed by atoms with Gasteiger partial charge < -0.3 is 15.5 Å². The van der Waals surface area contributed by atoms with E-state index >= 15 is 0 Å². The average molecular weight is 376 g/mol. The number of rotatable bonds is 5. The molecule has 148 valence electrons. The molecule has 4 unspecified atom stereocenters. The molecule has 4 rings (SSSR count). The highest BCUT2D eigenvalue weighted by Gasteiger charge is 2.48. The Morgan fingerprint density at radius 2 is 1.70 bits per heavy atom. The van der Waals surface area contributed by atoms with Gasteiger partial charge in [-0.25, -0.2) is 4.79 Å². The molecule has 2 saturated carbocycles. The first-order valence-corrected chi connectivity index (χ1v) is 10.2. The Bertz CT molecular complexity index is 648. The smallest absolute Gasteiger partial charge is 0.314 e. The van der Waals surface area contributed by atoms with E-state index in [1.54, 1.807) is 4.90 Å². The van der Waals surface area contributed by atoms with Crippen LogP contribution in [-0.2, 0) is 14.4 Å². The largest absolute Gasteiger partial charge is 0.338 e. The van der Waals surface area contributed by atoms with Gasteiger partial charge in [-0.05, 0) is 56.3 Å². The van der Waals surface area contributed by atoms with Gasteiger partial charge in [0, 0.05) is 32.0 Å². The van der Waals surface area contributed by atoms with Crippen molar-refractivity contribution in [3.05, 3.63) is 0 Å². The van der Waals surface area contributed by atoms with Crippen LogP contribution in [0.5, 0.6) is 0 Å². The van der Waals surface area contributed by atoms with Crippen LogP contribution < -0.4 is 16.0 Å². The van der Waals surface area contributed by atoms with E-state index in [2.05, 4.69) is 16.0 Å². The SMILES string of the molecule is O=C1CCC(N2CC3CCC(CNC(=O)NCC4CC4)CC3C2=O)C(=O)N1. The molecule has 4 aliphatic rings. The van der Waals surface area contributed by atoms with Gasteiger partial charge in [0.25, 0.3) is 0 Å². The van der Waals surface area contributed by atoms with Gasteiger partial charge in [0.2, 0.25) is 17.7 Å². The maximum absolute atomic E-state index is 12.9. The number of nitrogens with one attached hydrogen (secondary N) is 3. The van der Waals surface area contributed by atoms with E-state index in [1.165, 1.54) is 12.8 Å². The van der Waals surface area contributed by atoms with Crippen LogP contribution in [0.25, 0.3) is 0 Å². The Morgan fingerprint density at radius 1 is 1.00 bits per heavy atom. The normalized spacial score (nSPS) is 33.5. The van der Waals surface area contributed by atoms with Gasteiger partial charge in [-0.3, -0.25) is 19.7 Å². The van der Waals surface area contributed by atoms with Crippen molar-refractivity contribution in [3.63, 3.8) is 0 Å². The number of amides is 5. The molecule has 4 atom stereocenters. The molecule has 0 bridgehead atoms. The monoisotopic (exact) mass is 376 g/mol. The van der Waals surface area contributed by atoms with Crippen molar-refractivity contribution in [2.24, 2.45) is 23.7 Å². The molecule has 2 aliphatic carbocycles. The van der Waals surface area contributed by atoms with Gasteiger partial charge in [-0.1, -0.05) is 0 Å². The van der Waals surface area contributed by atoms with Crippen molar-refractivity contribution in [1.29, 1.82) is 0 Å². The van der Waals surface area contributed by atoms with E-state index in [9.17, 15) is 19.2 Å². The van der Waals surface area contributed by atoms with Crippen LogP contribution in [0, 0.1) is 23.7 Å². The summed E-state index contributed by atoms with van der Waals surface area (Å²) in [5.74, 6) is 0.602. The molecule has 2 saturated heterocycles. The van der Waals surface area contributed by atoms with Crippen molar-refractivity contribution in [2.75, 3.05) is 19.6 Å². The second-order valence-electron chi connectivity index (χ2n) is 8.54. The summed E-state index contributed by atoms with van der Waals surface area (Å²) in [4.78, 5) is 49.9. The summed E-state index contributed by atoms with van der Waals surface area (Å²) in [5, 5.41) is 8.19. The number of carbonyl (C=O) groups excluding carboxylic acids is 4. The van der Waals surface area contributed by atoms with Crippen LogP contribution >= 0.6 is 0 Å². The molecule has 27 heavy (non-hydrogen) atoms. The topological polar surface area (TPSA) is 108 Å². The van der Waals surface area contributed by atoms with E-state index in [-0.39, 0.29) is 42.0 Å². The Labute approximate surface area is 158 Å². The number of hydrogen-bond acceptors (Lipinski definition) is 4. The predicted octanol–water partition coefficient (Wildman–Crippen LogP) is 0.376. The molecule has 0 aromatic carbocycles. The molecular formula is C19H28N4O4. The van der Waals surface area contributed by atoms with Crippen molar-refractivity contribution >= 4 is 23.8 Å². The van der Waals surface area contributed by atoms with E-state index < -0.39 is 6.04 Å². The Morgan fingerprint density at radius 3 is 2.41 bits per heavy atom. The van der Waals surface area contributed by atoms with Crippen LogP contribution in [0.2, 0.25) is 0 Å². The van der Waals surface area contributed by atoms with E-state index in [4.69, 9.17) is 0 Å². The number of nitrogens with zero attached hydrogens (tertiary/aromatic N) is 1. The van der Waals surface area contributed by atoms with Crippen LogP contribution in [0.4, 0.5) is 4.79 Å². The first kappa shape index (κ1) is 18.3. The third-order valence-corrected chi connectivity index (χ3v) is 6.52. The third kappa shape index (κ3) is 4.09. The summed E-state index contributed by atoms with van der Waals surface area (Å²) >= 11 is 0. The van der Waals surface area contributed by atoms with Crippen molar-refractivity contribution in [3.8, 4) is 0 Å². The lowest BCUT2D eigenvalue weighted by molar-refractivity contribution is -0.144. The Balaban J connectivity index is 1.27. The number of imide groups is 1. The van der Waals surface area contributed by atoms with Gasteiger partial charge in [-0.15, -0.1) is 0 Å². The Hall–Kier alpha value is -2.12. The lowest BCUT2D eigenvalue weighted by Gasteiger charge is -2.30. The minimum atomic E-state index is -0.509. The molecular weight excluding hydrogens is 348 g/mol. The molecule has 2 aliphatic heterocycles. The van der Waals surface area contributed by atoms with Crippen LogP contribution in [0.15, 0.2) is 0 Å². The number of likely N-dealkylation sites (tertiary alicyclic amines) is 1. The van der Waals surface area contributed by atoms with Crippen molar-refractivity contribution in [1.82, 2.24) is 20.9 Å². The predicted molar refractivity (Wildman–Crippen MR) is 96.3 cm³/mol. The maximum atomic E-state index is 12.9. The highest BCUT2D eigenvalue weighted by Crippen LogP contribution is 2.41. The average Bonchev–Trinajstić information content (AvgIpc) is 3.42. The number of urea groups is 1. The summed E-state index contributed by atoms with van der Waals surface area (Å²) < 4.78 is 0. The van der Waals surface area contributed by atoms with Crippen molar-refractivity contribution in [2.45, 2.75) is 51.0 Å². The quantitative estimate of drug-likeness (QED) is 0.603. The standard InChI is InChI=1S/C19H28N4O4/c24-16-6-5-15(17(25)22-16)23-10-13-4-3-12(7-14(13)18(23)26)9-21-19(27)20-8-11-1-2-11/h11-15H,1-10H2,(H2,20,21,27)(H,22,24,25). The van der Waals surface area contributed by atoms with Crippen LogP contribution in [0.1, 0.15) is 44.9 Å². The summed E-state index contributed by atoms with van der Waals surface area (Å²) in [5.41, 5.74) is 0. The highest BCUT2D eigenvalue weighted by molar-refractivity contribution is 6.02. The summed E-state index contributed by atoms with van der Waals surface area (Å²) in [6.45, 7) is 1.95. The number of piperidine rings is 1. The molecule has 0 aromatic rings. The van der Waals surface area contributed by atoms with Crippen LogP contribution in [-0.4, -0.2) is 54.3 Å². The number of hydrogen-bond donors (Lipinski definition) is 3. The molecule has 0 spiro atoms. The van der Waals surface area contributed by atoms with Gasteiger partial charge in [0.1, 0.15) is 6.04 Å². The van der Waals surface area contributed by atoms with Crippen molar-refractivity contribution < 1.29 is 19.2 Å². The lowest BCUT2D eigenvalue weighted by atomic mass is 9.75. The van der Waals surface area contributed by atoms with E-state index in [1.807, 2.05) is 0 Å². The lowest BCUT2D eigenvalue weighted by Crippen LogP contribution is -2.53. The Kier molecular flexibility index (Phi) is 5.06.